The van der Waals surface area contributed by atoms with Gasteiger partial charge >= 0.3 is 0 Å². The largest absolute Gasteiger partial charge is 0.508 e. The van der Waals surface area contributed by atoms with Gasteiger partial charge in [-0.05, 0) is 30.7 Å². The predicted molar refractivity (Wildman–Crippen MR) is 84.0 cm³/mol. The molecule has 0 spiro atoms. The molecule has 2 aromatic carbocycles. The van der Waals surface area contributed by atoms with E-state index in [9.17, 15) is 5.11 Å². The first kappa shape index (κ1) is 13.2. The van der Waals surface area contributed by atoms with Crippen molar-refractivity contribution in [2.75, 3.05) is 0 Å². The van der Waals surface area contributed by atoms with E-state index in [0.29, 0.717) is 5.75 Å². The summed E-state index contributed by atoms with van der Waals surface area (Å²) in [6.45, 7) is 2.07. The number of hydrogen-bond donors (Lipinski definition) is 2. The number of aromatic hydroxyl groups is 1. The highest BCUT2D eigenvalue weighted by molar-refractivity contribution is 9.10. The number of phenols is 1. The second-order valence-electron chi connectivity index (χ2n) is 5.01. The lowest BCUT2D eigenvalue weighted by Gasteiger charge is -2.12. The number of nitrogens with zero attached hydrogens (tertiary/aromatic N) is 1. The molecule has 0 unspecified atom stereocenters. The SMILES string of the molecule is Cc1ccc(C2=NN[C@@H](c3cc(Br)ccc3O)C2)cc1. The van der Waals surface area contributed by atoms with Gasteiger partial charge < -0.3 is 10.5 Å². The Morgan fingerprint density at radius 3 is 2.70 bits per heavy atom. The van der Waals surface area contributed by atoms with Crippen molar-refractivity contribution in [1.29, 1.82) is 0 Å². The summed E-state index contributed by atoms with van der Waals surface area (Å²) in [5.74, 6) is 0.297. The molecule has 1 aliphatic rings. The highest BCUT2D eigenvalue weighted by atomic mass is 79.9. The molecular formula is C16H15BrN2O. The molecule has 20 heavy (non-hydrogen) atoms. The first-order chi connectivity index (χ1) is 9.63. The van der Waals surface area contributed by atoms with Crippen molar-refractivity contribution in [3.63, 3.8) is 0 Å². The van der Waals surface area contributed by atoms with Crippen LogP contribution in [0.15, 0.2) is 52.0 Å². The van der Waals surface area contributed by atoms with E-state index in [4.69, 9.17) is 0 Å². The van der Waals surface area contributed by atoms with Crippen molar-refractivity contribution >= 4 is 21.6 Å². The Bertz CT molecular complexity index is 665. The normalized spacial score (nSPS) is 17.7. The van der Waals surface area contributed by atoms with E-state index >= 15 is 0 Å². The molecule has 2 N–H and O–H groups in total. The van der Waals surface area contributed by atoms with E-state index in [1.807, 2.05) is 12.1 Å². The third-order valence-electron chi connectivity index (χ3n) is 3.50. The Kier molecular flexibility index (Phi) is 3.49. The van der Waals surface area contributed by atoms with Crippen LogP contribution in [0, 0.1) is 6.92 Å². The average molecular weight is 331 g/mol. The number of hydrogen-bond acceptors (Lipinski definition) is 3. The van der Waals surface area contributed by atoms with Gasteiger partial charge in [0.05, 0.1) is 11.8 Å². The monoisotopic (exact) mass is 330 g/mol. The van der Waals surface area contributed by atoms with Gasteiger partial charge in [-0.15, -0.1) is 0 Å². The molecule has 3 rings (SSSR count). The smallest absolute Gasteiger partial charge is 0.120 e. The van der Waals surface area contributed by atoms with Gasteiger partial charge in [0.15, 0.2) is 0 Å². The van der Waals surface area contributed by atoms with Crippen LogP contribution >= 0.6 is 15.9 Å². The summed E-state index contributed by atoms with van der Waals surface area (Å²) in [6.07, 6.45) is 0.771. The summed E-state index contributed by atoms with van der Waals surface area (Å²) >= 11 is 3.44. The van der Waals surface area contributed by atoms with Crippen molar-refractivity contribution in [1.82, 2.24) is 5.43 Å². The molecule has 0 radical (unpaired) electrons. The molecule has 2 aromatic rings. The fourth-order valence-electron chi connectivity index (χ4n) is 2.35. The van der Waals surface area contributed by atoms with E-state index in [0.717, 1.165) is 27.7 Å². The molecule has 4 heteroatoms. The molecule has 0 bridgehead atoms. The number of phenolic OH excluding ortho intramolecular Hbond substituents is 1. The summed E-state index contributed by atoms with van der Waals surface area (Å²) in [6, 6.07) is 13.8. The van der Waals surface area contributed by atoms with Crippen LogP contribution in [0.3, 0.4) is 0 Å². The third kappa shape index (κ3) is 2.56. The molecule has 0 aromatic heterocycles. The second kappa shape index (κ2) is 5.29. The predicted octanol–water partition coefficient (Wildman–Crippen LogP) is 3.90. The number of aryl methyl sites for hydroxylation is 1. The van der Waals surface area contributed by atoms with Crippen LogP contribution in [0.1, 0.15) is 29.2 Å². The minimum Gasteiger partial charge on any atom is -0.508 e. The van der Waals surface area contributed by atoms with Gasteiger partial charge in [-0.25, -0.2) is 0 Å². The van der Waals surface area contributed by atoms with Crippen molar-refractivity contribution in [3.05, 3.63) is 63.6 Å². The zero-order chi connectivity index (χ0) is 14.1. The van der Waals surface area contributed by atoms with Crippen LogP contribution in [0.2, 0.25) is 0 Å². The summed E-state index contributed by atoms with van der Waals surface area (Å²) in [7, 11) is 0. The lowest BCUT2D eigenvalue weighted by molar-refractivity contribution is 0.455. The number of halogens is 1. The molecule has 3 nitrogen and oxygen atoms in total. The van der Waals surface area contributed by atoms with Gasteiger partial charge in [0.25, 0.3) is 0 Å². The summed E-state index contributed by atoms with van der Waals surface area (Å²) < 4.78 is 0.955. The fourth-order valence-corrected chi connectivity index (χ4v) is 2.73. The van der Waals surface area contributed by atoms with Crippen molar-refractivity contribution in [2.45, 2.75) is 19.4 Å². The lowest BCUT2D eigenvalue weighted by atomic mass is 9.98. The second-order valence-corrected chi connectivity index (χ2v) is 5.93. The summed E-state index contributed by atoms with van der Waals surface area (Å²) in [4.78, 5) is 0. The molecule has 0 saturated heterocycles. The number of benzene rings is 2. The molecule has 1 heterocycles. The first-order valence-corrected chi connectivity index (χ1v) is 7.30. The van der Waals surface area contributed by atoms with Crippen LogP contribution < -0.4 is 5.43 Å². The average Bonchev–Trinajstić information content (AvgIpc) is 2.92. The van der Waals surface area contributed by atoms with Crippen molar-refractivity contribution in [2.24, 2.45) is 5.10 Å². The lowest BCUT2D eigenvalue weighted by Crippen LogP contribution is -2.10. The number of hydrazone groups is 1. The topological polar surface area (TPSA) is 44.6 Å². The van der Waals surface area contributed by atoms with E-state index in [1.54, 1.807) is 6.07 Å². The van der Waals surface area contributed by atoms with Crippen molar-refractivity contribution < 1.29 is 5.11 Å². The summed E-state index contributed by atoms with van der Waals surface area (Å²) in [5, 5.41) is 14.4. The Morgan fingerprint density at radius 1 is 1.20 bits per heavy atom. The van der Waals surface area contributed by atoms with Gasteiger partial charge in [-0.3, -0.25) is 0 Å². The Labute approximate surface area is 126 Å². The van der Waals surface area contributed by atoms with Crippen LogP contribution in [-0.2, 0) is 0 Å². The van der Waals surface area contributed by atoms with Gasteiger partial charge in [0.2, 0.25) is 0 Å². The molecule has 0 amide bonds. The van der Waals surface area contributed by atoms with Gasteiger partial charge in [0.1, 0.15) is 5.75 Å². The zero-order valence-electron chi connectivity index (χ0n) is 11.1. The molecule has 102 valence electrons. The zero-order valence-corrected chi connectivity index (χ0v) is 12.7. The first-order valence-electron chi connectivity index (χ1n) is 6.51. The van der Waals surface area contributed by atoms with Crippen LogP contribution in [0.5, 0.6) is 5.75 Å². The molecule has 1 atom stereocenters. The summed E-state index contributed by atoms with van der Waals surface area (Å²) in [5.41, 5.74) is 7.36. The Hall–Kier alpha value is -1.81. The molecular weight excluding hydrogens is 316 g/mol. The minimum atomic E-state index is 0.0174. The standard InChI is InChI=1S/C16H15BrN2O/c1-10-2-4-11(5-3-10)14-9-15(19-18-14)13-8-12(17)6-7-16(13)20/h2-8,15,19-20H,9H2,1H3/t15-/m1/s1. The van der Waals surface area contributed by atoms with Crippen LogP contribution in [0.4, 0.5) is 0 Å². The van der Waals surface area contributed by atoms with Crippen molar-refractivity contribution in [3.8, 4) is 5.75 Å². The maximum atomic E-state index is 9.98. The maximum Gasteiger partial charge on any atom is 0.120 e. The van der Waals surface area contributed by atoms with E-state index in [1.165, 1.54) is 5.56 Å². The highest BCUT2D eigenvalue weighted by Crippen LogP contribution is 2.32. The van der Waals surface area contributed by atoms with Gasteiger partial charge in [0, 0.05) is 16.5 Å². The number of nitrogens with one attached hydrogen (secondary N) is 1. The molecule has 1 aliphatic heterocycles. The molecule has 0 saturated carbocycles. The minimum absolute atomic E-state index is 0.0174. The fraction of sp³-hybridized carbons (Fsp3) is 0.188. The van der Waals surface area contributed by atoms with Crippen LogP contribution in [0.25, 0.3) is 0 Å². The molecule has 0 fully saturated rings. The Morgan fingerprint density at radius 2 is 1.95 bits per heavy atom. The number of rotatable bonds is 2. The van der Waals surface area contributed by atoms with E-state index in [-0.39, 0.29) is 6.04 Å². The quantitative estimate of drug-likeness (QED) is 0.877. The third-order valence-corrected chi connectivity index (χ3v) is 4.00. The molecule has 0 aliphatic carbocycles. The highest BCUT2D eigenvalue weighted by Gasteiger charge is 2.23. The van der Waals surface area contributed by atoms with Gasteiger partial charge in [-0.1, -0.05) is 45.8 Å². The Balaban J connectivity index is 1.82. The van der Waals surface area contributed by atoms with E-state index < -0.39 is 0 Å². The maximum absolute atomic E-state index is 9.98. The van der Waals surface area contributed by atoms with Gasteiger partial charge in [-0.2, -0.15) is 5.10 Å². The van der Waals surface area contributed by atoms with E-state index in [2.05, 4.69) is 57.6 Å². The van der Waals surface area contributed by atoms with Crippen LogP contribution in [-0.4, -0.2) is 10.8 Å².